The molecule has 172 valence electrons. The van der Waals surface area contributed by atoms with Crippen molar-refractivity contribution >= 4 is 22.3 Å². The SMILES string of the molecule is CC(C)(C)Cn1cc(CN[S+]([O-])C2CC2)c2ccc(-c3ccc(=O)[nH]c3C(F)(F)F)cc21. The Kier molecular flexibility index (Phi) is 5.94. The zero-order valence-electron chi connectivity index (χ0n) is 18.2. The molecule has 4 rings (SSSR count). The van der Waals surface area contributed by atoms with Crippen LogP contribution < -0.4 is 10.3 Å². The maximum Gasteiger partial charge on any atom is 0.431 e. The molecule has 1 aromatic carbocycles. The summed E-state index contributed by atoms with van der Waals surface area (Å²) in [5, 5.41) is 1.11. The Labute approximate surface area is 187 Å². The topological polar surface area (TPSA) is 72.9 Å². The van der Waals surface area contributed by atoms with E-state index in [4.69, 9.17) is 0 Å². The number of halogens is 3. The molecule has 2 aromatic heterocycles. The average molecular weight is 466 g/mol. The summed E-state index contributed by atoms with van der Waals surface area (Å²) in [6, 6.07) is 7.47. The van der Waals surface area contributed by atoms with Crippen LogP contribution in [0.5, 0.6) is 0 Å². The molecule has 1 fully saturated rings. The summed E-state index contributed by atoms with van der Waals surface area (Å²) in [6.07, 6.45) is -0.765. The normalized spacial score (nSPS) is 16.0. The molecule has 0 amide bonds. The van der Waals surface area contributed by atoms with Gasteiger partial charge in [-0.1, -0.05) is 32.9 Å². The van der Waals surface area contributed by atoms with Crippen molar-refractivity contribution in [1.82, 2.24) is 14.3 Å². The lowest BCUT2D eigenvalue weighted by Gasteiger charge is -2.20. The highest BCUT2D eigenvalue weighted by atomic mass is 32.2. The molecule has 0 spiro atoms. The number of hydrogen-bond acceptors (Lipinski definition) is 3. The maximum atomic E-state index is 13.6. The first-order valence-corrected chi connectivity index (χ1v) is 11.7. The summed E-state index contributed by atoms with van der Waals surface area (Å²) >= 11 is -1.08. The van der Waals surface area contributed by atoms with Crippen molar-refractivity contribution in [3.63, 3.8) is 0 Å². The van der Waals surface area contributed by atoms with Gasteiger partial charge in [0.05, 0.1) is 6.54 Å². The fourth-order valence-electron chi connectivity index (χ4n) is 3.81. The zero-order chi connectivity index (χ0) is 23.3. The summed E-state index contributed by atoms with van der Waals surface area (Å²) in [5.74, 6) is 0. The molecule has 2 heterocycles. The van der Waals surface area contributed by atoms with E-state index in [2.05, 4.69) is 25.5 Å². The van der Waals surface area contributed by atoms with E-state index in [-0.39, 0.29) is 16.2 Å². The number of aromatic nitrogens is 2. The number of aromatic amines is 1. The lowest BCUT2D eigenvalue weighted by Crippen LogP contribution is -2.26. The molecule has 3 aromatic rings. The summed E-state index contributed by atoms with van der Waals surface area (Å²) in [5.41, 5.74) is 0.134. The third-order valence-electron chi connectivity index (χ3n) is 5.35. The van der Waals surface area contributed by atoms with Crippen molar-refractivity contribution in [3.05, 3.63) is 58.1 Å². The first kappa shape index (κ1) is 22.9. The van der Waals surface area contributed by atoms with Crippen LogP contribution in [0.3, 0.4) is 0 Å². The number of nitrogens with zero attached hydrogens (tertiary/aromatic N) is 1. The molecule has 0 radical (unpaired) electrons. The molecule has 1 aliphatic carbocycles. The van der Waals surface area contributed by atoms with E-state index in [0.29, 0.717) is 18.7 Å². The number of nitrogens with one attached hydrogen (secondary N) is 2. The van der Waals surface area contributed by atoms with E-state index in [0.717, 1.165) is 35.4 Å². The Morgan fingerprint density at radius 1 is 1.19 bits per heavy atom. The van der Waals surface area contributed by atoms with Gasteiger partial charge in [0.2, 0.25) is 5.56 Å². The Hall–Kier alpha value is -2.23. The van der Waals surface area contributed by atoms with Crippen molar-refractivity contribution in [2.75, 3.05) is 0 Å². The van der Waals surface area contributed by atoms with Crippen molar-refractivity contribution < 1.29 is 17.7 Å². The molecule has 2 N–H and O–H groups in total. The van der Waals surface area contributed by atoms with Gasteiger partial charge in [-0.15, -0.1) is 4.72 Å². The monoisotopic (exact) mass is 465 g/mol. The third kappa shape index (κ3) is 5.05. The number of fused-ring (bicyclic) bond motifs is 1. The van der Waals surface area contributed by atoms with E-state index < -0.39 is 28.8 Å². The molecule has 1 unspecified atom stereocenters. The Balaban J connectivity index is 1.79. The molecular weight excluding hydrogens is 439 g/mol. The lowest BCUT2D eigenvalue weighted by atomic mass is 9.96. The lowest BCUT2D eigenvalue weighted by molar-refractivity contribution is -0.140. The van der Waals surface area contributed by atoms with Crippen molar-refractivity contribution in [2.24, 2.45) is 5.41 Å². The number of pyridine rings is 1. The zero-order valence-corrected chi connectivity index (χ0v) is 19.0. The minimum absolute atomic E-state index is 0.0569. The second-order valence-electron chi connectivity index (χ2n) is 9.50. The molecule has 0 bridgehead atoms. The van der Waals surface area contributed by atoms with Crippen LogP contribution in [0.1, 0.15) is 44.9 Å². The van der Waals surface area contributed by atoms with Gasteiger partial charge in [-0.05, 0) is 28.7 Å². The Morgan fingerprint density at radius 2 is 1.91 bits per heavy atom. The third-order valence-corrected chi connectivity index (χ3v) is 6.86. The fraction of sp³-hybridized carbons (Fsp3) is 0.435. The van der Waals surface area contributed by atoms with Crippen molar-refractivity contribution in [2.45, 2.75) is 58.1 Å². The van der Waals surface area contributed by atoms with Gasteiger partial charge in [0.15, 0.2) is 0 Å². The Bertz CT molecular complexity index is 1190. The van der Waals surface area contributed by atoms with Crippen LogP contribution >= 0.6 is 0 Å². The quantitative estimate of drug-likeness (QED) is 0.505. The smallest absolute Gasteiger partial charge is 0.431 e. The van der Waals surface area contributed by atoms with Gasteiger partial charge in [-0.3, -0.25) is 4.79 Å². The van der Waals surface area contributed by atoms with Gasteiger partial charge < -0.3 is 14.1 Å². The highest BCUT2D eigenvalue weighted by Crippen LogP contribution is 2.37. The number of rotatable bonds is 6. The molecular formula is C23H26F3N3O2S. The van der Waals surface area contributed by atoms with Crippen LogP contribution in [-0.4, -0.2) is 19.4 Å². The van der Waals surface area contributed by atoms with E-state index in [1.54, 1.807) is 18.2 Å². The predicted molar refractivity (Wildman–Crippen MR) is 120 cm³/mol. The second kappa shape index (κ2) is 8.28. The van der Waals surface area contributed by atoms with Crippen LogP contribution in [0.4, 0.5) is 13.2 Å². The number of alkyl halides is 3. The van der Waals surface area contributed by atoms with E-state index in [1.165, 1.54) is 6.07 Å². The summed E-state index contributed by atoms with van der Waals surface area (Å²) < 4.78 is 58.0. The number of benzene rings is 1. The minimum atomic E-state index is -4.68. The van der Waals surface area contributed by atoms with Gasteiger partial charge in [-0.25, -0.2) is 0 Å². The molecule has 5 nitrogen and oxygen atoms in total. The van der Waals surface area contributed by atoms with E-state index >= 15 is 0 Å². The van der Waals surface area contributed by atoms with Crippen LogP contribution in [0.25, 0.3) is 22.0 Å². The second-order valence-corrected chi connectivity index (χ2v) is 11.1. The van der Waals surface area contributed by atoms with Crippen molar-refractivity contribution in [1.29, 1.82) is 0 Å². The van der Waals surface area contributed by atoms with Gasteiger partial charge in [0.25, 0.3) is 0 Å². The van der Waals surface area contributed by atoms with Gasteiger partial charge in [0, 0.05) is 59.5 Å². The largest absolute Gasteiger partial charge is 0.598 e. The molecule has 1 saturated carbocycles. The fourth-order valence-corrected chi connectivity index (χ4v) is 4.90. The van der Waals surface area contributed by atoms with Gasteiger partial charge in [0.1, 0.15) is 10.9 Å². The number of H-pyrrole nitrogens is 1. The predicted octanol–water partition coefficient (Wildman–Crippen LogP) is 4.98. The highest BCUT2D eigenvalue weighted by Gasteiger charge is 2.36. The van der Waals surface area contributed by atoms with Crippen LogP contribution in [0.2, 0.25) is 0 Å². The highest BCUT2D eigenvalue weighted by molar-refractivity contribution is 7.90. The summed E-state index contributed by atoms with van der Waals surface area (Å²) in [7, 11) is 0. The summed E-state index contributed by atoms with van der Waals surface area (Å²) in [6.45, 7) is 7.35. The first-order chi connectivity index (χ1) is 14.9. The first-order valence-electron chi connectivity index (χ1n) is 10.5. The van der Waals surface area contributed by atoms with Gasteiger partial charge in [-0.2, -0.15) is 13.2 Å². The van der Waals surface area contributed by atoms with E-state index in [9.17, 15) is 22.5 Å². The standard InChI is InChI=1S/C23H26F3N3O2S/c1-22(2,3)13-29-12-15(11-27-32(31)16-5-6-16)17-7-4-14(10-19(17)29)18-8-9-20(30)28-21(18)23(24,25)26/h4,7-10,12,16,27H,5-6,11,13H2,1-3H3,(H,28,30). The summed E-state index contributed by atoms with van der Waals surface area (Å²) in [4.78, 5) is 13.5. The average Bonchev–Trinajstić information content (AvgIpc) is 3.49. The maximum absolute atomic E-state index is 13.6. The van der Waals surface area contributed by atoms with E-state index in [1.807, 2.05) is 15.7 Å². The molecule has 1 aliphatic rings. The van der Waals surface area contributed by atoms with Crippen molar-refractivity contribution in [3.8, 4) is 11.1 Å². The van der Waals surface area contributed by atoms with Gasteiger partial charge >= 0.3 is 6.18 Å². The van der Waals surface area contributed by atoms with Crippen LogP contribution in [0.15, 0.2) is 41.3 Å². The molecule has 32 heavy (non-hydrogen) atoms. The molecule has 1 atom stereocenters. The molecule has 0 saturated heterocycles. The molecule has 9 heteroatoms. The minimum Gasteiger partial charge on any atom is -0.598 e. The Morgan fingerprint density at radius 3 is 2.53 bits per heavy atom. The van der Waals surface area contributed by atoms with Crippen LogP contribution in [-0.2, 0) is 30.6 Å². The number of hydrogen-bond donors (Lipinski definition) is 2. The molecule has 0 aliphatic heterocycles. The van der Waals surface area contributed by atoms with Crippen LogP contribution in [0, 0.1) is 5.41 Å².